The minimum absolute atomic E-state index is 0.188. The Hall–Kier alpha value is -2.92. The maximum atomic E-state index is 12.6. The van der Waals surface area contributed by atoms with Crippen LogP contribution < -0.4 is 0 Å². The highest BCUT2D eigenvalue weighted by atomic mass is 35.5. The van der Waals surface area contributed by atoms with Gasteiger partial charge in [0.2, 0.25) is 0 Å². The van der Waals surface area contributed by atoms with E-state index >= 15 is 0 Å². The molecule has 0 aliphatic rings. The largest absolute Gasteiger partial charge is 0.454 e. The van der Waals surface area contributed by atoms with Crippen molar-refractivity contribution in [3.63, 3.8) is 0 Å². The molecular weight excluding hydrogens is 400 g/mol. The number of carbonyl (C=O) groups excluding carboxylic acids is 2. The molecule has 0 radical (unpaired) electrons. The van der Waals surface area contributed by atoms with Crippen LogP contribution in [0.3, 0.4) is 0 Å². The Morgan fingerprint density at radius 2 is 1.77 bits per heavy atom. The zero-order valence-corrected chi connectivity index (χ0v) is 18.1. The van der Waals surface area contributed by atoms with Crippen LogP contribution in [0.1, 0.15) is 63.7 Å². The summed E-state index contributed by atoms with van der Waals surface area (Å²) in [7, 11) is 0. The van der Waals surface area contributed by atoms with Gasteiger partial charge in [0, 0.05) is 5.56 Å². The average molecular weight is 425 g/mol. The minimum Gasteiger partial charge on any atom is -0.454 e. The molecule has 0 N–H and O–H groups in total. The van der Waals surface area contributed by atoms with Crippen LogP contribution in [0.25, 0.3) is 0 Å². The summed E-state index contributed by atoms with van der Waals surface area (Å²) in [5, 5.41) is 4.55. The molecule has 156 valence electrons. The van der Waals surface area contributed by atoms with Crippen LogP contribution in [0.4, 0.5) is 0 Å². The molecule has 3 rings (SSSR count). The fourth-order valence-corrected chi connectivity index (χ4v) is 3.48. The summed E-state index contributed by atoms with van der Waals surface area (Å²) < 4.78 is 6.80. The maximum Gasteiger partial charge on any atom is 0.343 e. The molecule has 0 fully saturated rings. The van der Waals surface area contributed by atoms with Gasteiger partial charge in [-0.2, -0.15) is 5.10 Å². The van der Waals surface area contributed by atoms with Crippen LogP contribution in [-0.2, 0) is 11.3 Å². The molecule has 3 aromatic rings. The Kier molecular flexibility index (Phi) is 7.06. The number of benzene rings is 2. The zero-order valence-electron chi connectivity index (χ0n) is 17.4. The van der Waals surface area contributed by atoms with Crippen molar-refractivity contribution in [2.45, 2.75) is 39.7 Å². The number of hydrogen-bond donors (Lipinski definition) is 0. The van der Waals surface area contributed by atoms with E-state index < -0.39 is 5.97 Å². The topological polar surface area (TPSA) is 61.2 Å². The summed E-state index contributed by atoms with van der Waals surface area (Å²) in [5.41, 5.74) is 3.35. The number of nitrogens with zero attached hydrogens (tertiary/aromatic N) is 2. The van der Waals surface area contributed by atoms with Crippen molar-refractivity contribution in [1.29, 1.82) is 0 Å². The van der Waals surface area contributed by atoms with Crippen molar-refractivity contribution < 1.29 is 14.3 Å². The third kappa shape index (κ3) is 4.97. The minimum atomic E-state index is -0.651. The third-order valence-electron chi connectivity index (χ3n) is 5.19. The van der Waals surface area contributed by atoms with Crippen LogP contribution in [0, 0.1) is 6.92 Å². The van der Waals surface area contributed by atoms with Crippen molar-refractivity contribution in [1.82, 2.24) is 9.78 Å². The summed E-state index contributed by atoms with van der Waals surface area (Å²) in [6, 6.07) is 17.1. The number of Topliss-reactive ketones (excluding diaryl/α,β-unsaturated/α-hetero) is 1. The third-order valence-corrected chi connectivity index (χ3v) is 5.58. The van der Waals surface area contributed by atoms with Gasteiger partial charge in [-0.25, -0.2) is 9.48 Å². The molecule has 0 saturated heterocycles. The highest BCUT2D eigenvalue weighted by molar-refractivity contribution is 6.32. The van der Waals surface area contributed by atoms with Gasteiger partial charge < -0.3 is 4.74 Å². The second kappa shape index (κ2) is 9.72. The van der Waals surface area contributed by atoms with E-state index in [1.165, 1.54) is 5.56 Å². The smallest absolute Gasteiger partial charge is 0.343 e. The number of ether oxygens (including phenoxy) is 1. The highest BCUT2D eigenvalue weighted by Gasteiger charge is 2.23. The van der Waals surface area contributed by atoms with E-state index in [9.17, 15) is 9.59 Å². The number of carbonyl (C=O) groups is 2. The van der Waals surface area contributed by atoms with E-state index in [-0.39, 0.29) is 23.1 Å². The van der Waals surface area contributed by atoms with Crippen molar-refractivity contribution in [2.24, 2.45) is 0 Å². The van der Waals surface area contributed by atoms with Gasteiger partial charge in [0.1, 0.15) is 10.7 Å². The lowest BCUT2D eigenvalue weighted by atomic mass is 9.97. The molecule has 0 saturated carbocycles. The first-order chi connectivity index (χ1) is 14.4. The number of aryl methyl sites for hydroxylation is 1. The van der Waals surface area contributed by atoms with E-state index in [0.29, 0.717) is 23.7 Å². The van der Waals surface area contributed by atoms with Gasteiger partial charge in [0.05, 0.1) is 12.2 Å². The predicted molar refractivity (Wildman–Crippen MR) is 117 cm³/mol. The fourth-order valence-electron chi connectivity index (χ4n) is 3.17. The Balaban J connectivity index is 1.65. The molecule has 0 bridgehead atoms. The Morgan fingerprint density at radius 1 is 1.10 bits per heavy atom. The summed E-state index contributed by atoms with van der Waals surface area (Å²) in [4.78, 5) is 25.0. The maximum absolute atomic E-state index is 12.6. The standard InChI is InChI=1S/C24H25ClN2O3/c1-4-16(2)19-10-12-20(13-11-19)21(28)15-30-24(29)22-17(3)26-27(23(22)25)14-18-8-6-5-7-9-18/h5-13,16H,4,14-15H2,1-3H3/t16-/m1/s1. The Morgan fingerprint density at radius 3 is 2.40 bits per heavy atom. The summed E-state index contributed by atoms with van der Waals surface area (Å²) in [6.07, 6.45) is 1.03. The van der Waals surface area contributed by atoms with Gasteiger partial charge in [-0.15, -0.1) is 0 Å². The number of esters is 1. The van der Waals surface area contributed by atoms with Crippen LogP contribution in [-0.4, -0.2) is 28.1 Å². The van der Waals surface area contributed by atoms with Crippen LogP contribution >= 0.6 is 11.6 Å². The number of aromatic nitrogens is 2. The molecule has 1 heterocycles. The van der Waals surface area contributed by atoms with E-state index in [1.54, 1.807) is 23.7 Å². The van der Waals surface area contributed by atoms with Gasteiger partial charge in [-0.1, -0.05) is 80.0 Å². The zero-order chi connectivity index (χ0) is 21.7. The lowest BCUT2D eigenvalue weighted by Crippen LogP contribution is -2.15. The van der Waals surface area contributed by atoms with Crippen molar-refractivity contribution in [3.05, 3.63) is 87.7 Å². The molecule has 0 aliphatic carbocycles. The fraction of sp³-hybridized carbons (Fsp3) is 0.292. The monoisotopic (exact) mass is 424 g/mol. The second-order valence-corrected chi connectivity index (χ2v) is 7.68. The molecular formula is C24H25ClN2O3. The number of ketones is 1. The molecule has 1 atom stereocenters. The normalized spacial score (nSPS) is 11.9. The molecule has 0 unspecified atom stereocenters. The summed E-state index contributed by atoms with van der Waals surface area (Å²) >= 11 is 6.38. The van der Waals surface area contributed by atoms with Crippen molar-refractivity contribution in [3.8, 4) is 0 Å². The first kappa shape index (κ1) is 21.8. The van der Waals surface area contributed by atoms with Gasteiger partial charge >= 0.3 is 5.97 Å². The lowest BCUT2D eigenvalue weighted by Gasteiger charge is -2.09. The SMILES string of the molecule is CC[C@@H](C)c1ccc(C(=O)COC(=O)c2c(C)nn(Cc3ccccc3)c2Cl)cc1. The average Bonchev–Trinajstić information content (AvgIpc) is 3.04. The van der Waals surface area contributed by atoms with Gasteiger partial charge in [0.25, 0.3) is 0 Å². The van der Waals surface area contributed by atoms with Gasteiger partial charge in [-0.05, 0) is 30.4 Å². The summed E-state index contributed by atoms with van der Waals surface area (Å²) in [5.74, 6) is -0.476. The molecule has 0 aliphatic heterocycles. The molecule has 30 heavy (non-hydrogen) atoms. The Bertz CT molecular complexity index is 1030. The van der Waals surface area contributed by atoms with E-state index in [2.05, 4.69) is 18.9 Å². The lowest BCUT2D eigenvalue weighted by molar-refractivity contribution is 0.0474. The van der Waals surface area contributed by atoms with E-state index in [0.717, 1.165) is 12.0 Å². The first-order valence-electron chi connectivity index (χ1n) is 9.97. The van der Waals surface area contributed by atoms with Crippen LogP contribution in [0.15, 0.2) is 54.6 Å². The molecule has 1 aromatic heterocycles. The quantitative estimate of drug-likeness (QED) is 0.356. The van der Waals surface area contributed by atoms with Crippen LogP contribution in [0.5, 0.6) is 0 Å². The molecule has 5 nitrogen and oxygen atoms in total. The highest BCUT2D eigenvalue weighted by Crippen LogP contribution is 2.22. The number of rotatable bonds is 8. The van der Waals surface area contributed by atoms with Crippen molar-refractivity contribution in [2.75, 3.05) is 6.61 Å². The number of halogens is 1. The molecule has 0 amide bonds. The number of hydrogen-bond acceptors (Lipinski definition) is 4. The van der Waals surface area contributed by atoms with E-state index in [4.69, 9.17) is 16.3 Å². The van der Waals surface area contributed by atoms with Gasteiger partial charge in [0.15, 0.2) is 12.4 Å². The molecule has 2 aromatic carbocycles. The predicted octanol–water partition coefficient (Wildman–Crippen LogP) is 5.45. The van der Waals surface area contributed by atoms with E-state index in [1.807, 2.05) is 42.5 Å². The van der Waals surface area contributed by atoms with Crippen LogP contribution in [0.2, 0.25) is 5.15 Å². The van der Waals surface area contributed by atoms with Crippen molar-refractivity contribution >= 4 is 23.4 Å². The first-order valence-corrected chi connectivity index (χ1v) is 10.4. The molecule has 0 spiro atoms. The molecule has 6 heteroatoms. The second-order valence-electron chi connectivity index (χ2n) is 7.33. The van der Waals surface area contributed by atoms with Gasteiger partial charge in [-0.3, -0.25) is 4.79 Å². The summed E-state index contributed by atoms with van der Waals surface area (Å²) in [6.45, 7) is 6.05. The Labute approximate surface area is 181 Å².